The van der Waals surface area contributed by atoms with E-state index < -0.39 is 11.7 Å². The van der Waals surface area contributed by atoms with Crippen molar-refractivity contribution in [1.82, 2.24) is 10.2 Å². The third-order valence-corrected chi connectivity index (χ3v) is 3.39. The molecule has 2 heterocycles. The Bertz CT molecular complexity index is 731. The first kappa shape index (κ1) is 13.5. The van der Waals surface area contributed by atoms with Gasteiger partial charge in [0, 0.05) is 0 Å². The number of amides is 1. The molecule has 1 aliphatic heterocycles. The lowest BCUT2D eigenvalue weighted by Crippen LogP contribution is -2.29. The van der Waals surface area contributed by atoms with E-state index in [9.17, 15) is 9.59 Å². The van der Waals surface area contributed by atoms with Gasteiger partial charge in [-0.05, 0) is 30.3 Å². The molecule has 6 nitrogen and oxygen atoms in total. The monoisotopic (exact) mass is 303 g/mol. The van der Waals surface area contributed by atoms with Crippen molar-refractivity contribution >= 4 is 29.0 Å². The Balaban J connectivity index is 1.96. The van der Waals surface area contributed by atoms with Crippen LogP contribution in [0.15, 0.2) is 30.3 Å². The fraction of sp³-hybridized carbons (Fsp3) is 0.143. The average molecular weight is 304 g/mol. The zero-order chi connectivity index (χ0) is 15.0. The van der Waals surface area contributed by atoms with Gasteiger partial charge in [0.15, 0.2) is 5.15 Å². The lowest BCUT2D eigenvalue weighted by atomic mass is 10.1. The molecule has 106 valence electrons. The van der Waals surface area contributed by atoms with Crippen molar-refractivity contribution in [1.29, 1.82) is 0 Å². The van der Waals surface area contributed by atoms with Gasteiger partial charge in [0.25, 0.3) is 11.7 Å². The summed E-state index contributed by atoms with van der Waals surface area (Å²) in [7, 11) is 1.50. The van der Waals surface area contributed by atoms with E-state index in [1.54, 1.807) is 30.3 Å². The van der Waals surface area contributed by atoms with Gasteiger partial charge in [-0.2, -0.15) is 5.10 Å². The SMILES string of the molecule is COc1ccc2c(c1)C(=O)C(=O)N2Cc1ccc(Cl)nn1. The molecule has 21 heavy (non-hydrogen) atoms. The number of fused-ring (bicyclic) bond motifs is 1. The van der Waals surface area contributed by atoms with Crippen LogP contribution in [0.2, 0.25) is 5.15 Å². The normalized spacial score (nSPS) is 13.5. The van der Waals surface area contributed by atoms with E-state index in [0.717, 1.165) is 0 Å². The lowest BCUT2D eigenvalue weighted by molar-refractivity contribution is -0.114. The Morgan fingerprint density at radius 3 is 2.67 bits per heavy atom. The molecule has 0 saturated heterocycles. The molecule has 7 heteroatoms. The predicted octanol–water partition coefficient (Wildman–Crippen LogP) is 1.87. The van der Waals surface area contributed by atoms with Gasteiger partial charge < -0.3 is 4.74 Å². The number of halogens is 1. The number of anilines is 1. The van der Waals surface area contributed by atoms with E-state index in [1.807, 2.05) is 0 Å². The fourth-order valence-corrected chi connectivity index (χ4v) is 2.25. The maximum Gasteiger partial charge on any atom is 0.299 e. The number of ether oxygens (including phenoxy) is 1. The highest BCUT2D eigenvalue weighted by Crippen LogP contribution is 2.32. The first-order valence-corrected chi connectivity index (χ1v) is 6.50. The molecule has 0 saturated carbocycles. The summed E-state index contributed by atoms with van der Waals surface area (Å²) < 4.78 is 5.07. The Morgan fingerprint density at radius 2 is 2.00 bits per heavy atom. The van der Waals surface area contributed by atoms with Crippen molar-refractivity contribution in [2.75, 3.05) is 12.0 Å². The standard InChI is InChI=1S/C14H10ClN3O3/c1-21-9-3-4-11-10(6-9)13(19)14(20)18(11)7-8-2-5-12(15)17-16-8/h2-6H,7H2,1H3. The van der Waals surface area contributed by atoms with Gasteiger partial charge in [0.2, 0.25) is 0 Å². The third-order valence-electron chi connectivity index (χ3n) is 3.19. The van der Waals surface area contributed by atoms with Crippen molar-refractivity contribution in [2.24, 2.45) is 0 Å². The van der Waals surface area contributed by atoms with Crippen LogP contribution in [0.4, 0.5) is 5.69 Å². The van der Waals surface area contributed by atoms with Crippen LogP contribution in [-0.4, -0.2) is 29.0 Å². The Hall–Kier alpha value is -2.47. The molecule has 1 aromatic heterocycles. The summed E-state index contributed by atoms with van der Waals surface area (Å²) in [6, 6.07) is 8.18. The molecule has 0 fully saturated rings. The van der Waals surface area contributed by atoms with Crippen LogP contribution in [0.3, 0.4) is 0 Å². The quantitative estimate of drug-likeness (QED) is 0.809. The second kappa shape index (κ2) is 5.14. The van der Waals surface area contributed by atoms with Crippen molar-refractivity contribution in [3.8, 4) is 5.75 Å². The van der Waals surface area contributed by atoms with E-state index >= 15 is 0 Å². The van der Waals surface area contributed by atoms with Crippen molar-refractivity contribution in [2.45, 2.75) is 6.54 Å². The molecule has 1 aliphatic rings. The van der Waals surface area contributed by atoms with Crippen molar-refractivity contribution in [3.05, 3.63) is 46.7 Å². The molecule has 1 aromatic carbocycles. The largest absolute Gasteiger partial charge is 0.497 e. The topological polar surface area (TPSA) is 72.4 Å². The maximum atomic E-state index is 12.1. The molecular formula is C14H10ClN3O3. The number of hydrogen-bond donors (Lipinski definition) is 0. The fourth-order valence-electron chi connectivity index (χ4n) is 2.15. The number of rotatable bonds is 3. The van der Waals surface area contributed by atoms with Gasteiger partial charge in [-0.3, -0.25) is 14.5 Å². The summed E-state index contributed by atoms with van der Waals surface area (Å²) in [5.41, 5.74) is 1.42. The van der Waals surface area contributed by atoms with Gasteiger partial charge in [-0.1, -0.05) is 11.6 Å². The number of hydrogen-bond acceptors (Lipinski definition) is 5. The first-order chi connectivity index (χ1) is 10.1. The zero-order valence-corrected chi connectivity index (χ0v) is 11.8. The van der Waals surface area contributed by atoms with Crippen LogP contribution in [0, 0.1) is 0 Å². The van der Waals surface area contributed by atoms with Crippen LogP contribution >= 0.6 is 11.6 Å². The van der Waals surface area contributed by atoms with E-state index in [4.69, 9.17) is 16.3 Å². The molecular weight excluding hydrogens is 294 g/mol. The highest BCUT2D eigenvalue weighted by molar-refractivity contribution is 6.52. The summed E-state index contributed by atoms with van der Waals surface area (Å²) in [4.78, 5) is 25.5. The molecule has 0 N–H and O–H groups in total. The molecule has 0 atom stereocenters. The third kappa shape index (κ3) is 2.34. The minimum absolute atomic E-state index is 0.161. The second-order valence-electron chi connectivity index (χ2n) is 4.45. The van der Waals surface area contributed by atoms with Crippen LogP contribution in [0.5, 0.6) is 5.75 Å². The summed E-state index contributed by atoms with van der Waals surface area (Å²) >= 11 is 5.67. The van der Waals surface area contributed by atoms with Gasteiger partial charge in [-0.25, -0.2) is 0 Å². The number of nitrogens with zero attached hydrogens (tertiary/aromatic N) is 3. The van der Waals surface area contributed by atoms with E-state index in [-0.39, 0.29) is 11.7 Å². The molecule has 0 bridgehead atoms. The van der Waals surface area contributed by atoms with Crippen LogP contribution in [-0.2, 0) is 11.3 Å². The lowest BCUT2D eigenvalue weighted by Gasteiger charge is -2.15. The number of aromatic nitrogens is 2. The molecule has 0 aliphatic carbocycles. The van der Waals surface area contributed by atoms with E-state index in [0.29, 0.717) is 22.7 Å². The van der Waals surface area contributed by atoms with Crippen molar-refractivity contribution < 1.29 is 14.3 Å². The molecule has 2 aromatic rings. The Labute approximate surface area is 125 Å². The van der Waals surface area contributed by atoms with E-state index in [1.165, 1.54) is 12.0 Å². The molecule has 0 unspecified atom stereocenters. The van der Waals surface area contributed by atoms with Crippen LogP contribution in [0.1, 0.15) is 16.1 Å². The highest BCUT2D eigenvalue weighted by Gasteiger charge is 2.36. The first-order valence-electron chi connectivity index (χ1n) is 6.12. The van der Waals surface area contributed by atoms with Gasteiger partial charge >= 0.3 is 0 Å². The average Bonchev–Trinajstić information content (AvgIpc) is 2.74. The number of benzene rings is 1. The number of methoxy groups -OCH3 is 1. The predicted molar refractivity (Wildman–Crippen MR) is 75.6 cm³/mol. The van der Waals surface area contributed by atoms with Crippen LogP contribution < -0.4 is 9.64 Å². The van der Waals surface area contributed by atoms with E-state index in [2.05, 4.69) is 10.2 Å². The van der Waals surface area contributed by atoms with Gasteiger partial charge in [0.1, 0.15) is 5.75 Å². The van der Waals surface area contributed by atoms with Crippen molar-refractivity contribution in [3.63, 3.8) is 0 Å². The number of ketones is 1. The maximum absolute atomic E-state index is 12.1. The zero-order valence-electron chi connectivity index (χ0n) is 11.0. The number of carbonyl (C=O) groups excluding carboxylic acids is 2. The molecule has 0 radical (unpaired) electrons. The Kier molecular flexibility index (Phi) is 3.31. The van der Waals surface area contributed by atoms with Gasteiger partial charge in [-0.15, -0.1) is 5.10 Å². The van der Waals surface area contributed by atoms with Gasteiger partial charge in [0.05, 0.1) is 30.6 Å². The minimum atomic E-state index is -0.588. The number of Topliss-reactive ketones (excluding diaryl/α,β-unsaturated/α-hetero) is 1. The Morgan fingerprint density at radius 1 is 1.19 bits per heavy atom. The number of carbonyl (C=O) groups is 2. The summed E-state index contributed by atoms with van der Waals surface area (Å²) in [6.45, 7) is 0.161. The smallest absolute Gasteiger partial charge is 0.299 e. The molecule has 1 amide bonds. The summed E-state index contributed by atoms with van der Waals surface area (Å²) in [5.74, 6) is -0.608. The molecule has 3 rings (SSSR count). The summed E-state index contributed by atoms with van der Waals surface area (Å²) in [6.07, 6.45) is 0. The minimum Gasteiger partial charge on any atom is -0.497 e. The summed E-state index contributed by atoms with van der Waals surface area (Å²) in [5, 5.41) is 7.89. The molecule has 0 spiro atoms. The van der Waals surface area contributed by atoms with Crippen LogP contribution in [0.25, 0.3) is 0 Å². The highest BCUT2D eigenvalue weighted by atomic mass is 35.5. The second-order valence-corrected chi connectivity index (χ2v) is 4.84.